The Morgan fingerprint density at radius 1 is 1.14 bits per heavy atom. The van der Waals surface area contributed by atoms with Gasteiger partial charge in [0.05, 0.1) is 23.7 Å². The first-order valence-electron chi connectivity index (χ1n) is 9.20. The topological polar surface area (TPSA) is 67.4 Å². The van der Waals surface area contributed by atoms with Gasteiger partial charge < -0.3 is 4.74 Å². The van der Waals surface area contributed by atoms with Gasteiger partial charge in [-0.25, -0.2) is 4.98 Å². The maximum Gasteiger partial charge on any atom is 0.165 e. The first-order chi connectivity index (χ1) is 13.7. The molecular weight excluding hydrogens is 350 g/mol. The molecule has 28 heavy (non-hydrogen) atoms. The highest BCUT2D eigenvalue weighted by Gasteiger charge is 2.30. The number of benzene rings is 2. The Balaban J connectivity index is 1.73. The van der Waals surface area contributed by atoms with Crippen molar-refractivity contribution >= 4 is 22.5 Å². The smallest absolute Gasteiger partial charge is 0.165 e. The number of pyridine rings is 1. The second-order valence-electron chi connectivity index (χ2n) is 7.09. The summed E-state index contributed by atoms with van der Waals surface area (Å²) in [6.45, 7) is 0. The highest BCUT2D eigenvalue weighted by atomic mass is 16.5. The molecule has 2 heterocycles. The van der Waals surface area contributed by atoms with Gasteiger partial charge in [-0.05, 0) is 48.2 Å². The molecule has 0 fully saturated rings. The van der Waals surface area contributed by atoms with Gasteiger partial charge in [0.2, 0.25) is 0 Å². The predicted octanol–water partition coefficient (Wildman–Crippen LogP) is 4.28. The van der Waals surface area contributed by atoms with Gasteiger partial charge >= 0.3 is 0 Å². The number of Topliss-reactive ketones (excluding diaryl/α,β-unsaturated/α-hetero) is 1. The first kappa shape index (κ1) is 16.5. The molecule has 0 aliphatic heterocycles. The second-order valence-corrected chi connectivity index (χ2v) is 7.09. The SMILES string of the molecule is COc1ccc([C@H]2CC(=O)c3cc(C#N)c4nc5ccccc5n4c3C2)cc1. The lowest BCUT2D eigenvalue weighted by Crippen LogP contribution is -2.22. The lowest BCUT2D eigenvalue weighted by Gasteiger charge is -2.25. The molecule has 1 aliphatic rings. The Labute approximate surface area is 161 Å². The van der Waals surface area contributed by atoms with Gasteiger partial charge in [-0.1, -0.05) is 24.3 Å². The van der Waals surface area contributed by atoms with Crippen LogP contribution in [0.4, 0.5) is 0 Å². The maximum absolute atomic E-state index is 13.0. The zero-order valence-electron chi connectivity index (χ0n) is 15.3. The molecule has 2 aromatic carbocycles. The summed E-state index contributed by atoms with van der Waals surface area (Å²) in [7, 11) is 1.64. The fourth-order valence-corrected chi connectivity index (χ4v) is 4.17. The van der Waals surface area contributed by atoms with Crippen LogP contribution in [0, 0.1) is 11.3 Å². The Kier molecular flexibility index (Phi) is 3.66. The summed E-state index contributed by atoms with van der Waals surface area (Å²) >= 11 is 0. The van der Waals surface area contributed by atoms with Gasteiger partial charge in [-0.15, -0.1) is 0 Å². The number of carbonyl (C=O) groups excluding carboxylic acids is 1. The van der Waals surface area contributed by atoms with E-state index >= 15 is 0 Å². The van der Waals surface area contributed by atoms with Crippen molar-refractivity contribution in [1.29, 1.82) is 5.26 Å². The van der Waals surface area contributed by atoms with Gasteiger partial charge in [0.25, 0.3) is 0 Å². The normalized spacial score (nSPS) is 16.1. The zero-order valence-corrected chi connectivity index (χ0v) is 15.3. The third-order valence-electron chi connectivity index (χ3n) is 5.55. The van der Waals surface area contributed by atoms with Gasteiger partial charge in [-0.3, -0.25) is 9.20 Å². The first-order valence-corrected chi connectivity index (χ1v) is 9.20. The van der Waals surface area contributed by atoms with E-state index in [1.165, 1.54) is 0 Å². The molecule has 0 radical (unpaired) electrons. The summed E-state index contributed by atoms with van der Waals surface area (Å²) in [6, 6.07) is 19.6. The van der Waals surface area contributed by atoms with Crippen molar-refractivity contribution in [3.05, 3.63) is 77.0 Å². The Morgan fingerprint density at radius 2 is 1.93 bits per heavy atom. The van der Waals surface area contributed by atoms with Crippen LogP contribution in [0.3, 0.4) is 0 Å². The van der Waals surface area contributed by atoms with E-state index in [2.05, 4.69) is 11.1 Å². The molecule has 2 aromatic heterocycles. The van der Waals surface area contributed by atoms with Crippen LogP contribution in [-0.4, -0.2) is 22.3 Å². The molecule has 4 aromatic rings. The molecule has 0 bridgehead atoms. The van der Waals surface area contributed by atoms with Crippen LogP contribution in [-0.2, 0) is 6.42 Å². The number of imidazole rings is 1. The van der Waals surface area contributed by atoms with Crippen molar-refractivity contribution in [2.45, 2.75) is 18.8 Å². The molecule has 5 nitrogen and oxygen atoms in total. The number of ketones is 1. The van der Waals surface area contributed by atoms with Gasteiger partial charge in [0.15, 0.2) is 11.4 Å². The number of fused-ring (bicyclic) bond motifs is 5. The van der Waals surface area contributed by atoms with Crippen molar-refractivity contribution in [3.63, 3.8) is 0 Å². The monoisotopic (exact) mass is 367 g/mol. The van der Waals surface area contributed by atoms with Crippen molar-refractivity contribution in [3.8, 4) is 11.8 Å². The summed E-state index contributed by atoms with van der Waals surface area (Å²) in [5.41, 5.74) is 5.48. The molecule has 5 rings (SSSR count). The zero-order chi connectivity index (χ0) is 19.3. The van der Waals surface area contributed by atoms with Crippen LogP contribution < -0.4 is 4.74 Å². The molecule has 0 N–H and O–H groups in total. The maximum atomic E-state index is 13.0. The highest BCUT2D eigenvalue weighted by Crippen LogP contribution is 2.36. The average Bonchev–Trinajstić information content (AvgIpc) is 3.13. The summed E-state index contributed by atoms with van der Waals surface area (Å²) in [6.07, 6.45) is 1.15. The quantitative estimate of drug-likeness (QED) is 0.530. The summed E-state index contributed by atoms with van der Waals surface area (Å²) in [5.74, 6) is 0.953. The van der Waals surface area contributed by atoms with E-state index in [0.717, 1.165) is 34.5 Å². The number of carbonyl (C=O) groups is 1. The fraction of sp³-hybridized carbons (Fsp3) is 0.174. The average molecular weight is 367 g/mol. The molecule has 1 aliphatic carbocycles. The fourth-order valence-electron chi connectivity index (χ4n) is 4.17. The van der Waals surface area contributed by atoms with Crippen LogP contribution in [0.5, 0.6) is 5.75 Å². The van der Waals surface area contributed by atoms with Crippen LogP contribution in [0.15, 0.2) is 54.6 Å². The van der Waals surface area contributed by atoms with Crippen molar-refractivity contribution in [1.82, 2.24) is 9.38 Å². The van der Waals surface area contributed by atoms with E-state index in [0.29, 0.717) is 23.2 Å². The van der Waals surface area contributed by atoms with E-state index in [9.17, 15) is 10.1 Å². The van der Waals surface area contributed by atoms with Crippen molar-refractivity contribution < 1.29 is 9.53 Å². The number of aromatic nitrogens is 2. The minimum Gasteiger partial charge on any atom is -0.497 e. The molecule has 0 amide bonds. The molecular formula is C23H17N3O2. The van der Waals surface area contributed by atoms with Crippen molar-refractivity contribution in [2.24, 2.45) is 0 Å². The highest BCUT2D eigenvalue weighted by molar-refractivity contribution is 6.00. The number of hydrogen-bond donors (Lipinski definition) is 0. The van der Waals surface area contributed by atoms with Crippen LogP contribution in [0.2, 0.25) is 0 Å². The molecule has 1 atom stereocenters. The van der Waals surface area contributed by atoms with Crippen molar-refractivity contribution in [2.75, 3.05) is 7.11 Å². The summed E-state index contributed by atoms with van der Waals surface area (Å²) in [4.78, 5) is 17.6. The van der Waals surface area contributed by atoms with Gasteiger partial charge in [0, 0.05) is 17.7 Å². The lowest BCUT2D eigenvalue weighted by atomic mass is 9.81. The number of methoxy groups -OCH3 is 1. The Bertz CT molecular complexity index is 1280. The van der Waals surface area contributed by atoms with Gasteiger partial charge in [-0.2, -0.15) is 5.26 Å². The summed E-state index contributed by atoms with van der Waals surface area (Å²) in [5, 5.41) is 9.60. The van der Waals surface area contributed by atoms with E-state index in [4.69, 9.17) is 4.74 Å². The van der Waals surface area contributed by atoms with Crippen LogP contribution >= 0.6 is 0 Å². The Hall–Kier alpha value is -3.65. The lowest BCUT2D eigenvalue weighted by molar-refractivity contribution is 0.0963. The van der Waals surface area contributed by atoms with E-state index in [-0.39, 0.29) is 11.7 Å². The molecule has 136 valence electrons. The van der Waals surface area contributed by atoms with Crippen LogP contribution in [0.1, 0.15) is 39.5 Å². The number of ether oxygens (including phenoxy) is 1. The third kappa shape index (κ3) is 2.39. The van der Waals surface area contributed by atoms with Gasteiger partial charge in [0.1, 0.15) is 11.8 Å². The van der Waals surface area contributed by atoms with E-state index in [1.54, 1.807) is 13.2 Å². The number of nitrogens with zero attached hydrogens (tertiary/aromatic N) is 3. The molecule has 0 spiro atoms. The molecule has 0 saturated carbocycles. The standard InChI is InChI=1S/C23H17N3O2/c1-28-17-8-6-14(7-9-17)15-11-21-18(22(27)12-15)10-16(13-24)23-25-19-4-2-3-5-20(19)26(21)23/h2-10,15H,11-12H2,1H3/t15-/m1/s1. The molecule has 5 heteroatoms. The Morgan fingerprint density at radius 3 is 2.68 bits per heavy atom. The number of para-hydroxylation sites is 2. The predicted molar refractivity (Wildman–Crippen MR) is 106 cm³/mol. The second kappa shape index (κ2) is 6.21. The summed E-state index contributed by atoms with van der Waals surface area (Å²) < 4.78 is 7.24. The van der Waals surface area contributed by atoms with Crippen LogP contribution in [0.25, 0.3) is 16.7 Å². The minimum absolute atomic E-state index is 0.0678. The largest absolute Gasteiger partial charge is 0.497 e. The number of hydrogen-bond acceptors (Lipinski definition) is 4. The van der Waals surface area contributed by atoms with E-state index < -0.39 is 0 Å². The minimum atomic E-state index is 0.0678. The molecule has 0 saturated heterocycles. The molecule has 0 unspecified atom stereocenters. The number of rotatable bonds is 2. The van der Waals surface area contributed by atoms with E-state index in [1.807, 2.05) is 52.9 Å². The third-order valence-corrected chi connectivity index (χ3v) is 5.55. The number of nitriles is 1.